The molecule has 0 aromatic carbocycles. The molecule has 0 spiro atoms. The van der Waals surface area contributed by atoms with E-state index in [0.29, 0.717) is 18.1 Å². The lowest BCUT2D eigenvalue weighted by molar-refractivity contribution is -0.134. The van der Waals surface area contributed by atoms with Crippen molar-refractivity contribution >= 4 is 5.91 Å². The Morgan fingerprint density at radius 1 is 1.36 bits per heavy atom. The van der Waals surface area contributed by atoms with Gasteiger partial charge < -0.3 is 14.5 Å². The predicted octanol–water partition coefficient (Wildman–Crippen LogP) is 1.68. The van der Waals surface area contributed by atoms with Gasteiger partial charge in [0, 0.05) is 25.5 Å². The highest BCUT2D eigenvalue weighted by Gasteiger charge is 2.32. The van der Waals surface area contributed by atoms with Crippen molar-refractivity contribution in [3.8, 4) is 5.75 Å². The summed E-state index contributed by atoms with van der Waals surface area (Å²) in [4.78, 5) is 29.5. The second-order valence-electron chi connectivity index (χ2n) is 6.37. The zero-order valence-corrected chi connectivity index (χ0v) is 14.6. The molecule has 1 unspecified atom stereocenters. The highest BCUT2D eigenvalue weighted by Crippen LogP contribution is 2.30. The lowest BCUT2D eigenvalue weighted by atomic mass is 10.2. The van der Waals surface area contributed by atoms with Gasteiger partial charge in [-0.2, -0.15) is 0 Å². The minimum atomic E-state index is -0.0767. The zero-order valence-electron chi connectivity index (χ0n) is 14.6. The fraction of sp³-hybridized carbons (Fsp3) is 0.444. The summed E-state index contributed by atoms with van der Waals surface area (Å²) in [5.41, 5.74) is 0.959. The number of nitrogens with zero attached hydrogens (tertiary/aromatic N) is 5. The van der Waals surface area contributed by atoms with Gasteiger partial charge in [0.25, 0.3) is 5.91 Å². The first-order chi connectivity index (χ1) is 12.1. The first kappa shape index (κ1) is 17.3. The monoisotopic (exact) mass is 341 g/mol. The number of rotatable bonds is 6. The van der Waals surface area contributed by atoms with E-state index in [0.717, 1.165) is 25.1 Å². The van der Waals surface area contributed by atoms with Crippen LogP contribution in [0.1, 0.15) is 30.4 Å². The van der Waals surface area contributed by atoms with Crippen molar-refractivity contribution in [2.24, 2.45) is 0 Å². The molecule has 1 aliphatic heterocycles. The standard InChI is InChI=1S/C18H23N5O2/c1-22(2)12-14-7-9-20-18(21-14)16-6-4-10-23(16)17(24)13-25-15-5-3-8-19-11-15/h3,5,7-9,11,16H,4,6,10,12-13H2,1-2H3. The maximum Gasteiger partial charge on any atom is 0.261 e. The summed E-state index contributed by atoms with van der Waals surface area (Å²) < 4.78 is 5.54. The quantitative estimate of drug-likeness (QED) is 0.796. The van der Waals surface area contributed by atoms with Crippen LogP contribution in [0.4, 0.5) is 0 Å². The van der Waals surface area contributed by atoms with Gasteiger partial charge in [0.15, 0.2) is 12.4 Å². The molecule has 1 fully saturated rings. The first-order valence-electron chi connectivity index (χ1n) is 8.42. The SMILES string of the molecule is CN(C)Cc1ccnc(C2CCCN2C(=O)COc2cccnc2)n1. The van der Waals surface area contributed by atoms with Crippen molar-refractivity contribution in [3.63, 3.8) is 0 Å². The van der Waals surface area contributed by atoms with Crippen LogP contribution < -0.4 is 4.74 Å². The number of ether oxygens (including phenoxy) is 1. The molecule has 3 rings (SSSR count). The fourth-order valence-corrected chi connectivity index (χ4v) is 2.98. The van der Waals surface area contributed by atoms with Crippen LogP contribution in [-0.4, -0.2) is 57.9 Å². The third kappa shape index (κ3) is 4.51. The molecule has 1 aliphatic rings. The van der Waals surface area contributed by atoms with E-state index in [2.05, 4.69) is 19.9 Å². The summed E-state index contributed by atoms with van der Waals surface area (Å²) in [6.07, 6.45) is 6.87. The maximum atomic E-state index is 12.6. The molecule has 0 saturated carbocycles. The van der Waals surface area contributed by atoms with Crippen molar-refractivity contribution in [2.45, 2.75) is 25.4 Å². The molecule has 1 atom stereocenters. The first-order valence-corrected chi connectivity index (χ1v) is 8.42. The van der Waals surface area contributed by atoms with Crippen LogP contribution in [0.5, 0.6) is 5.75 Å². The minimum Gasteiger partial charge on any atom is -0.482 e. The molecule has 2 aromatic rings. The van der Waals surface area contributed by atoms with Crippen LogP contribution >= 0.6 is 0 Å². The van der Waals surface area contributed by atoms with E-state index in [1.54, 1.807) is 30.7 Å². The Morgan fingerprint density at radius 2 is 2.24 bits per heavy atom. The van der Waals surface area contributed by atoms with Crippen LogP contribution in [0.15, 0.2) is 36.8 Å². The second kappa shape index (κ2) is 8.02. The van der Waals surface area contributed by atoms with E-state index < -0.39 is 0 Å². The molecule has 1 amide bonds. The van der Waals surface area contributed by atoms with Gasteiger partial charge in [-0.05, 0) is 45.1 Å². The van der Waals surface area contributed by atoms with Crippen molar-refractivity contribution in [3.05, 3.63) is 48.3 Å². The van der Waals surface area contributed by atoms with Crippen LogP contribution in [0.3, 0.4) is 0 Å². The average Bonchev–Trinajstić information content (AvgIpc) is 3.10. The van der Waals surface area contributed by atoms with E-state index in [9.17, 15) is 4.79 Å². The van der Waals surface area contributed by atoms with Gasteiger partial charge in [0.05, 0.1) is 17.9 Å². The van der Waals surface area contributed by atoms with E-state index in [1.165, 1.54) is 0 Å². The van der Waals surface area contributed by atoms with Gasteiger partial charge in [-0.15, -0.1) is 0 Å². The van der Waals surface area contributed by atoms with Crippen molar-refractivity contribution in [1.82, 2.24) is 24.8 Å². The summed E-state index contributed by atoms with van der Waals surface area (Å²) in [7, 11) is 4.01. The molecule has 7 heteroatoms. The van der Waals surface area contributed by atoms with Crippen LogP contribution in [-0.2, 0) is 11.3 Å². The number of amides is 1. The van der Waals surface area contributed by atoms with Crippen LogP contribution in [0.2, 0.25) is 0 Å². The molecule has 3 heterocycles. The molecule has 0 N–H and O–H groups in total. The summed E-state index contributed by atoms with van der Waals surface area (Å²) in [6.45, 7) is 1.46. The minimum absolute atomic E-state index is 0.000415. The summed E-state index contributed by atoms with van der Waals surface area (Å²) in [5, 5.41) is 0. The smallest absolute Gasteiger partial charge is 0.261 e. The molecule has 0 bridgehead atoms. The Bertz CT molecular complexity index is 708. The Kier molecular flexibility index (Phi) is 5.55. The normalized spacial score (nSPS) is 17.1. The Balaban J connectivity index is 1.66. The zero-order chi connectivity index (χ0) is 17.6. The van der Waals surface area contributed by atoms with E-state index in [1.807, 2.05) is 25.1 Å². The number of likely N-dealkylation sites (tertiary alicyclic amines) is 1. The summed E-state index contributed by atoms with van der Waals surface area (Å²) in [6, 6.07) is 5.40. The van der Waals surface area contributed by atoms with Crippen molar-refractivity contribution < 1.29 is 9.53 Å². The number of hydrogen-bond donors (Lipinski definition) is 0. The molecule has 0 radical (unpaired) electrons. The molecule has 0 aliphatic carbocycles. The molecule has 2 aromatic heterocycles. The molecule has 25 heavy (non-hydrogen) atoms. The van der Waals surface area contributed by atoms with Gasteiger partial charge in [-0.1, -0.05) is 0 Å². The molecule has 132 valence electrons. The average molecular weight is 341 g/mol. The van der Waals surface area contributed by atoms with Gasteiger partial charge in [0.1, 0.15) is 5.75 Å². The van der Waals surface area contributed by atoms with Gasteiger partial charge in [0.2, 0.25) is 0 Å². The van der Waals surface area contributed by atoms with Crippen LogP contribution in [0, 0.1) is 0 Å². The number of pyridine rings is 1. The number of aromatic nitrogens is 3. The number of carbonyl (C=O) groups excluding carboxylic acids is 1. The third-order valence-electron chi connectivity index (χ3n) is 4.08. The predicted molar refractivity (Wildman–Crippen MR) is 92.8 cm³/mol. The van der Waals surface area contributed by atoms with E-state index in [4.69, 9.17) is 4.74 Å². The summed E-state index contributed by atoms with van der Waals surface area (Å²) >= 11 is 0. The topological polar surface area (TPSA) is 71.5 Å². The van der Waals surface area contributed by atoms with Gasteiger partial charge in [-0.25, -0.2) is 9.97 Å². The Morgan fingerprint density at radius 3 is 3.00 bits per heavy atom. The van der Waals surface area contributed by atoms with Gasteiger partial charge >= 0.3 is 0 Å². The van der Waals surface area contributed by atoms with Crippen molar-refractivity contribution in [1.29, 1.82) is 0 Å². The highest BCUT2D eigenvalue weighted by atomic mass is 16.5. The van der Waals surface area contributed by atoms with E-state index >= 15 is 0 Å². The van der Waals surface area contributed by atoms with Crippen molar-refractivity contribution in [2.75, 3.05) is 27.2 Å². The molecule has 1 saturated heterocycles. The number of hydrogen-bond acceptors (Lipinski definition) is 6. The fourth-order valence-electron chi connectivity index (χ4n) is 2.98. The third-order valence-corrected chi connectivity index (χ3v) is 4.08. The Hall–Kier alpha value is -2.54. The summed E-state index contributed by atoms with van der Waals surface area (Å²) in [5.74, 6) is 1.26. The number of carbonyl (C=O) groups is 1. The molecular formula is C18H23N5O2. The Labute approximate surface area is 147 Å². The molecule has 7 nitrogen and oxygen atoms in total. The maximum absolute atomic E-state index is 12.6. The van der Waals surface area contributed by atoms with Crippen LogP contribution in [0.25, 0.3) is 0 Å². The highest BCUT2D eigenvalue weighted by molar-refractivity contribution is 5.78. The second-order valence-corrected chi connectivity index (χ2v) is 6.37. The van der Waals surface area contributed by atoms with E-state index in [-0.39, 0.29) is 18.6 Å². The lowest BCUT2D eigenvalue weighted by Gasteiger charge is -2.24. The van der Waals surface area contributed by atoms with Gasteiger partial charge in [-0.3, -0.25) is 9.78 Å². The molecular weight excluding hydrogens is 318 g/mol. The lowest BCUT2D eigenvalue weighted by Crippen LogP contribution is -2.35. The largest absolute Gasteiger partial charge is 0.482 e.